The van der Waals surface area contributed by atoms with Crippen molar-refractivity contribution in [2.45, 2.75) is 11.3 Å². The Bertz CT molecular complexity index is 467. The lowest BCUT2D eigenvalue weighted by atomic mass is 10.2. The second-order valence-electron chi connectivity index (χ2n) is 2.91. The smallest absolute Gasteiger partial charge is 0.179 e. The van der Waals surface area contributed by atoms with Gasteiger partial charge in [-0.2, -0.15) is 0 Å². The van der Waals surface area contributed by atoms with Gasteiger partial charge in [0.05, 0.1) is 15.1 Å². The van der Waals surface area contributed by atoms with Gasteiger partial charge in [-0.25, -0.2) is 12.8 Å². The van der Waals surface area contributed by atoms with Gasteiger partial charge in [-0.3, -0.25) is 0 Å². The average molecular weight is 265 g/mol. The highest BCUT2D eigenvalue weighted by molar-refractivity contribution is 9.10. The standard InChI is InChI=1S/C8H6BrFO2S/c9-8-5-3-4-13(11,12)7(5)2-1-6(8)10/h1-2H,3-4H2. The molecule has 1 aromatic rings. The van der Waals surface area contributed by atoms with E-state index >= 15 is 0 Å². The molecule has 0 atom stereocenters. The van der Waals surface area contributed by atoms with Crippen molar-refractivity contribution >= 4 is 25.8 Å². The van der Waals surface area contributed by atoms with Crippen molar-refractivity contribution < 1.29 is 12.8 Å². The predicted octanol–water partition coefficient (Wildman–Crippen LogP) is 1.92. The first kappa shape index (κ1) is 9.15. The third-order valence-electron chi connectivity index (χ3n) is 2.11. The highest BCUT2D eigenvalue weighted by Crippen LogP contribution is 2.33. The molecule has 70 valence electrons. The Hall–Kier alpha value is -0.420. The molecule has 0 radical (unpaired) electrons. The summed E-state index contributed by atoms with van der Waals surface area (Å²) in [5.41, 5.74) is 0.569. The Morgan fingerprint density at radius 3 is 2.77 bits per heavy atom. The SMILES string of the molecule is O=S1(=O)CCc2c1ccc(F)c2Br. The van der Waals surface area contributed by atoms with Crippen LogP contribution >= 0.6 is 15.9 Å². The first-order valence-corrected chi connectivity index (χ1v) is 6.16. The summed E-state index contributed by atoms with van der Waals surface area (Å²) in [5.74, 6) is -0.319. The molecule has 0 amide bonds. The van der Waals surface area contributed by atoms with E-state index in [4.69, 9.17) is 0 Å². The topological polar surface area (TPSA) is 34.1 Å². The van der Waals surface area contributed by atoms with Crippen LogP contribution in [0.5, 0.6) is 0 Å². The van der Waals surface area contributed by atoms with E-state index in [0.717, 1.165) is 0 Å². The van der Waals surface area contributed by atoms with Crippen LogP contribution in [0.15, 0.2) is 21.5 Å². The molecule has 1 aliphatic heterocycles. The summed E-state index contributed by atoms with van der Waals surface area (Å²) >= 11 is 3.04. The zero-order valence-corrected chi connectivity index (χ0v) is 8.95. The zero-order valence-electron chi connectivity index (χ0n) is 6.55. The van der Waals surface area contributed by atoms with Crippen LogP contribution in [0.2, 0.25) is 0 Å². The Morgan fingerprint density at radius 1 is 1.38 bits per heavy atom. The van der Waals surface area contributed by atoms with E-state index < -0.39 is 15.7 Å². The van der Waals surface area contributed by atoms with Crippen LogP contribution in [0, 0.1) is 5.82 Å². The van der Waals surface area contributed by atoms with Gasteiger partial charge in [-0.05, 0) is 40.0 Å². The molecule has 0 aromatic heterocycles. The second-order valence-corrected chi connectivity index (χ2v) is 5.78. The number of benzene rings is 1. The predicted molar refractivity (Wildman–Crippen MR) is 49.9 cm³/mol. The third kappa shape index (κ3) is 1.30. The molecule has 0 saturated heterocycles. The molecule has 5 heteroatoms. The summed E-state index contributed by atoms with van der Waals surface area (Å²) in [5, 5.41) is 0. The lowest BCUT2D eigenvalue weighted by molar-refractivity contribution is 0.599. The van der Waals surface area contributed by atoms with Crippen molar-refractivity contribution in [1.29, 1.82) is 0 Å². The number of halogens is 2. The molecule has 1 aromatic carbocycles. The van der Waals surface area contributed by atoms with Crippen molar-refractivity contribution in [3.8, 4) is 0 Å². The minimum absolute atomic E-state index is 0.0877. The highest BCUT2D eigenvalue weighted by Gasteiger charge is 2.28. The van der Waals surface area contributed by atoms with Crippen LogP contribution in [0.3, 0.4) is 0 Å². The molecular formula is C8H6BrFO2S. The van der Waals surface area contributed by atoms with Crippen molar-refractivity contribution in [2.24, 2.45) is 0 Å². The molecule has 0 bridgehead atoms. The van der Waals surface area contributed by atoms with E-state index in [9.17, 15) is 12.8 Å². The summed E-state index contributed by atoms with van der Waals surface area (Å²) in [4.78, 5) is 0.265. The Labute approximate surface area is 83.8 Å². The maximum Gasteiger partial charge on any atom is 0.179 e. The van der Waals surface area contributed by atoms with Gasteiger partial charge in [0, 0.05) is 0 Å². The first-order valence-electron chi connectivity index (χ1n) is 3.72. The van der Waals surface area contributed by atoms with Crippen LogP contribution in [0.4, 0.5) is 4.39 Å². The summed E-state index contributed by atoms with van der Waals surface area (Å²) < 4.78 is 36.0. The minimum Gasteiger partial charge on any atom is -0.224 e. The van der Waals surface area contributed by atoms with E-state index in [2.05, 4.69) is 15.9 Å². The van der Waals surface area contributed by atoms with Crippen molar-refractivity contribution in [3.05, 3.63) is 28.0 Å². The second kappa shape index (κ2) is 2.78. The Morgan fingerprint density at radius 2 is 2.08 bits per heavy atom. The molecule has 0 spiro atoms. The largest absolute Gasteiger partial charge is 0.224 e. The molecular weight excluding hydrogens is 259 g/mol. The van der Waals surface area contributed by atoms with E-state index in [-0.39, 0.29) is 15.1 Å². The van der Waals surface area contributed by atoms with E-state index in [1.165, 1.54) is 12.1 Å². The van der Waals surface area contributed by atoms with Gasteiger partial charge in [0.15, 0.2) is 9.84 Å². The summed E-state index contributed by atoms with van der Waals surface area (Å²) in [6, 6.07) is 2.50. The van der Waals surface area contributed by atoms with Crippen LogP contribution < -0.4 is 0 Å². The zero-order chi connectivity index (χ0) is 9.64. The molecule has 2 nitrogen and oxygen atoms in total. The third-order valence-corrected chi connectivity index (χ3v) is 4.76. The number of fused-ring (bicyclic) bond motifs is 1. The van der Waals surface area contributed by atoms with Crippen molar-refractivity contribution in [1.82, 2.24) is 0 Å². The van der Waals surface area contributed by atoms with Crippen LogP contribution in [0.25, 0.3) is 0 Å². The van der Waals surface area contributed by atoms with Gasteiger partial charge in [-0.15, -0.1) is 0 Å². The van der Waals surface area contributed by atoms with Gasteiger partial charge in [0.2, 0.25) is 0 Å². The summed E-state index contributed by atoms with van der Waals surface area (Å²) in [6.07, 6.45) is 0.399. The number of hydrogen-bond acceptors (Lipinski definition) is 2. The number of sulfone groups is 1. The van der Waals surface area contributed by atoms with Crippen molar-refractivity contribution in [3.63, 3.8) is 0 Å². The van der Waals surface area contributed by atoms with E-state index in [0.29, 0.717) is 12.0 Å². The molecule has 2 rings (SSSR count). The monoisotopic (exact) mass is 264 g/mol. The molecule has 1 heterocycles. The highest BCUT2D eigenvalue weighted by atomic mass is 79.9. The lowest BCUT2D eigenvalue weighted by Crippen LogP contribution is -1.98. The fraction of sp³-hybridized carbons (Fsp3) is 0.250. The van der Waals surface area contributed by atoms with Gasteiger partial charge >= 0.3 is 0 Å². The molecule has 1 aliphatic rings. The lowest BCUT2D eigenvalue weighted by Gasteiger charge is -2.01. The molecule has 0 N–H and O–H groups in total. The van der Waals surface area contributed by atoms with Crippen LogP contribution in [-0.2, 0) is 16.3 Å². The molecule has 0 saturated carbocycles. The fourth-order valence-electron chi connectivity index (χ4n) is 1.45. The summed E-state index contributed by atoms with van der Waals surface area (Å²) in [7, 11) is -3.14. The average Bonchev–Trinajstić information content (AvgIpc) is 2.35. The van der Waals surface area contributed by atoms with Crippen molar-refractivity contribution in [2.75, 3.05) is 5.75 Å². The molecule has 0 unspecified atom stereocenters. The normalized spacial score (nSPS) is 18.6. The maximum absolute atomic E-state index is 13.0. The minimum atomic E-state index is -3.14. The van der Waals surface area contributed by atoms with Gasteiger partial charge in [-0.1, -0.05) is 0 Å². The van der Waals surface area contributed by atoms with Crippen LogP contribution in [-0.4, -0.2) is 14.2 Å². The van der Waals surface area contributed by atoms with Gasteiger partial charge < -0.3 is 0 Å². The molecule has 0 aliphatic carbocycles. The number of rotatable bonds is 0. The first-order chi connectivity index (χ1) is 6.02. The Kier molecular flexibility index (Phi) is 1.96. The van der Waals surface area contributed by atoms with Crippen LogP contribution in [0.1, 0.15) is 5.56 Å². The maximum atomic E-state index is 13.0. The van der Waals surface area contributed by atoms with Gasteiger partial charge in [0.1, 0.15) is 5.82 Å². The van der Waals surface area contributed by atoms with E-state index in [1.807, 2.05) is 0 Å². The fourth-order valence-corrected chi connectivity index (χ4v) is 3.67. The molecule has 0 fully saturated rings. The Balaban J connectivity index is 2.78. The van der Waals surface area contributed by atoms with Gasteiger partial charge in [0.25, 0.3) is 0 Å². The summed E-state index contributed by atoms with van der Waals surface area (Å²) in [6.45, 7) is 0. The molecule has 13 heavy (non-hydrogen) atoms. The quantitative estimate of drug-likeness (QED) is 0.671. The number of hydrogen-bond donors (Lipinski definition) is 0. The van der Waals surface area contributed by atoms with E-state index in [1.54, 1.807) is 0 Å².